The van der Waals surface area contributed by atoms with Gasteiger partial charge in [-0.1, -0.05) is 31.2 Å². The average molecular weight is 258 g/mol. The number of rotatable bonds is 5. The van der Waals surface area contributed by atoms with E-state index in [1.54, 1.807) is 6.07 Å². The van der Waals surface area contributed by atoms with Crippen LogP contribution in [0.3, 0.4) is 0 Å². The molecular weight excluding hydrogens is 239 g/mol. The molecule has 2 aromatic rings. The van der Waals surface area contributed by atoms with E-state index in [0.717, 1.165) is 19.4 Å². The number of hydrogen-bond donors (Lipinski definition) is 2. The third kappa shape index (κ3) is 3.71. The molecule has 100 valence electrons. The second kappa shape index (κ2) is 6.23. The van der Waals surface area contributed by atoms with Crippen LogP contribution in [0, 0.1) is 5.82 Å². The van der Waals surface area contributed by atoms with E-state index in [1.807, 2.05) is 0 Å². The third-order valence-electron chi connectivity index (χ3n) is 3.18. The Labute approximate surface area is 113 Å². The molecule has 19 heavy (non-hydrogen) atoms. The Morgan fingerprint density at radius 1 is 1.05 bits per heavy atom. The highest BCUT2D eigenvalue weighted by molar-refractivity contribution is 5.65. The van der Waals surface area contributed by atoms with Gasteiger partial charge >= 0.3 is 0 Å². The summed E-state index contributed by atoms with van der Waals surface area (Å²) in [6.45, 7) is 2.88. The van der Waals surface area contributed by atoms with Crippen LogP contribution in [-0.4, -0.2) is 6.54 Å². The SMILES string of the molecule is CCc1ccc(CCNc2cc(F)ccc2N)cc1. The molecule has 0 saturated carbocycles. The van der Waals surface area contributed by atoms with Crippen LogP contribution in [0.1, 0.15) is 18.1 Å². The molecule has 2 aromatic carbocycles. The number of halogens is 1. The lowest BCUT2D eigenvalue weighted by Gasteiger charge is -2.09. The van der Waals surface area contributed by atoms with Crippen LogP contribution in [-0.2, 0) is 12.8 Å². The van der Waals surface area contributed by atoms with E-state index < -0.39 is 0 Å². The summed E-state index contributed by atoms with van der Waals surface area (Å²) in [5.74, 6) is -0.274. The van der Waals surface area contributed by atoms with Gasteiger partial charge in [0, 0.05) is 6.54 Å². The number of nitrogens with two attached hydrogens (primary N) is 1. The van der Waals surface area contributed by atoms with Gasteiger partial charge in [-0.3, -0.25) is 0 Å². The fourth-order valence-corrected chi connectivity index (χ4v) is 1.96. The van der Waals surface area contributed by atoms with Crippen LogP contribution in [0.4, 0.5) is 15.8 Å². The van der Waals surface area contributed by atoms with Gasteiger partial charge < -0.3 is 11.1 Å². The summed E-state index contributed by atoms with van der Waals surface area (Å²) in [6, 6.07) is 12.9. The fraction of sp³-hybridized carbons (Fsp3) is 0.250. The van der Waals surface area contributed by atoms with Crippen molar-refractivity contribution in [2.45, 2.75) is 19.8 Å². The number of hydrogen-bond acceptors (Lipinski definition) is 2. The van der Waals surface area contributed by atoms with Gasteiger partial charge in [0.1, 0.15) is 5.82 Å². The zero-order valence-electron chi connectivity index (χ0n) is 11.1. The fourth-order valence-electron chi connectivity index (χ4n) is 1.96. The number of nitrogen functional groups attached to an aromatic ring is 1. The molecule has 2 nitrogen and oxygen atoms in total. The maximum absolute atomic E-state index is 13.1. The van der Waals surface area contributed by atoms with Crippen LogP contribution in [0.25, 0.3) is 0 Å². The van der Waals surface area contributed by atoms with Crippen molar-refractivity contribution in [1.82, 2.24) is 0 Å². The van der Waals surface area contributed by atoms with Gasteiger partial charge in [0.2, 0.25) is 0 Å². The van der Waals surface area contributed by atoms with Gasteiger partial charge in [0.15, 0.2) is 0 Å². The summed E-state index contributed by atoms with van der Waals surface area (Å²) in [5, 5.41) is 3.17. The third-order valence-corrected chi connectivity index (χ3v) is 3.18. The minimum Gasteiger partial charge on any atom is -0.397 e. The van der Waals surface area contributed by atoms with Gasteiger partial charge in [-0.25, -0.2) is 4.39 Å². The van der Waals surface area contributed by atoms with Crippen molar-refractivity contribution in [3.63, 3.8) is 0 Å². The zero-order chi connectivity index (χ0) is 13.7. The first kappa shape index (κ1) is 13.4. The molecule has 3 N–H and O–H groups in total. The van der Waals surface area contributed by atoms with Crippen molar-refractivity contribution in [3.05, 3.63) is 59.4 Å². The minimum absolute atomic E-state index is 0.274. The topological polar surface area (TPSA) is 38.0 Å². The molecule has 3 heteroatoms. The van der Waals surface area contributed by atoms with Crippen molar-refractivity contribution in [2.24, 2.45) is 0 Å². The highest BCUT2D eigenvalue weighted by Crippen LogP contribution is 2.19. The van der Waals surface area contributed by atoms with Gasteiger partial charge in [0.05, 0.1) is 11.4 Å². The quantitative estimate of drug-likeness (QED) is 0.804. The second-order valence-corrected chi connectivity index (χ2v) is 4.58. The van der Waals surface area contributed by atoms with E-state index >= 15 is 0 Å². The molecule has 0 aliphatic heterocycles. The Morgan fingerprint density at radius 2 is 1.74 bits per heavy atom. The molecule has 0 saturated heterocycles. The molecular formula is C16H19FN2. The van der Waals surface area contributed by atoms with Crippen LogP contribution in [0.2, 0.25) is 0 Å². The zero-order valence-corrected chi connectivity index (χ0v) is 11.1. The largest absolute Gasteiger partial charge is 0.397 e. The van der Waals surface area contributed by atoms with E-state index in [9.17, 15) is 4.39 Å². The normalized spacial score (nSPS) is 10.4. The lowest BCUT2D eigenvalue weighted by atomic mass is 10.1. The van der Waals surface area contributed by atoms with Gasteiger partial charge in [0.25, 0.3) is 0 Å². The Kier molecular flexibility index (Phi) is 4.39. The van der Waals surface area contributed by atoms with Gasteiger partial charge in [-0.2, -0.15) is 0 Å². The molecule has 0 aromatic heterocycles. The first-order valence-corrected chi connectivity index (χ1v) is 6.55. The van der Waals surface area contributed by atoms with Crippen LogP contribution in [0.5, 0.6) is 0 Å². The Morgan fingerprint density at radius 3 is 2.42 bits per heavy atom. The first-order chi connectivity index (χ1) is 9.19. The lowest BCUT2D eigenvalue weighted by molar-refractivity contribution is 0.628. The molecule has 0 spiro atoms. The Hall–Kier alpha value is -2.03. The van der Waals surface area contributed by atoms with Crippen LogP contribution < -0.4 is 11.1 Å². The van der Waals surface area contributed by atoms with Gasteiger partial charge in [-0.05, 0) is 42.2 Å². The summed E-state index contributed by atoms with van der Waals surface area (Å²) in [5.41, 5.74) is 9.61. The predicted octanol–water partition coefficient (Wildman–Crippen LogP) is 3.62. The van der Waals surface area contributed by atoms with E-state index in [1.165, 1.54) is 23.3 Å². The molecule has 0 aliphatic carbocycles. The average Bonchev–Trinajstić information content (AvgIpc) is 2.43. The molecule has 0 aliphatic rings. The number of anilines is 2. The number of aryl methyl sites for hydroxylation is 1. The smallest absolute Gasteiger partial charge is 0.125 e. The second-order valence-electron chi connectivity index (χ2n) is 4.58. The molecule has 0 unspecified atom stereocenters. The number of nitrogens with one attached hydrogen (secondary N) is 1. The predicted molar refractivity (Wildman–Crippen MR) is 78.8 cm³/mol. The summed E-state index contributed by atoms with van der Waals surface area (Å²) in [7, 11) is 0. The molecule has 2 rings (SSSR count). The van der Waals surface area contributed by atoms with Crippen LogP contribution >= 0.6 is 0 Å². The van der Waals surface area contributed by atoms with E-state index in [2.05, 4.69) is 36.5 Å². The van der Waals surface area contributed by atoms with Crippen molar-refractivity contribution < 1.29 is 4.39 Å². The lowest BCUT2D eigenvalue weighted by Crippen LogP contribution is -2.07. The van der Waals surface area contributed by atoms with E-state index in [0.29, 0.717) is 11.4 Å². The molecule has 0 amide bonds. The van der Waals surface area contributed by atoms with Crippen molar-refractivity contribution >= 4 is 11.4 Å². The summed E-state index contributed by atoms with van der Waals surface area (Å²) in [4.78, 5) is 0. The molecule has 0 atom stereocenters. The van der Waals surface area contributed by atoms with E-state index in [-0.39, 0.29) is 5.82 Å². The highest BCUT2D eigenvalue weighted by atomic mass is 19.1. The van der Waals surface area contributed by atoms with Crippen molar-refractivity contribution in [1.29, 1.82) is 0 Å². The molecule has 0 bridgehead atoms. The van der Waals surface area contributed by atoms with Crippen LogP contribution in [0.15, 0.2) is 42.5 Å². The summed E-state index contributed by atoms with van der Waals surface area (Å²) < 4.78 is 13.1. The monoisotopic (exact) mass is 258 g/mol. The number of benzene rings is 2. The highest BCUT2D eigenvalue weighted by Gasteiger charge is 2.00. The standard InChI is InChI=1S/C16H19FN2/c1-2-12-3-5-13(6-4-12)9-10-19-16-11-14(17)7-8-15(16)18/h3-8,11,19H,2,9-10,18H2,1H3. The Bertz CT molecular complexity index is 535. The maximum Gasteiger partial charge on any atom is 0.125 e. The summed E-state index contributed by atoms with van der Waals surface area (Å²) in [6.07, 6.45) is 1.94. The van der Waals surface area contributed by atoms with E-state index in [4.69, 9.17) is 5.73 Å². The maximum atomic E-state index is 13.1. The minimum atomic E-state index is -0.274. The van der Waals surface area contributed by atoms with Crippen molar-refractivity contribution in [3.8, 4) is 0 Å². The van der Waals surface area contributed by atoms with Crippen molar-refractivity contribution in [2.75, 3.05) is 17.6 Å². The molecule has 0 heterocycles. The molecule has 0 fully saturated rings. The first-order valence-electron chi connectivity index (χ1n) is 6.55. The summed E-state index contributed by atoms with van der Waals surface area (Å²) >= 11 is 0. The molecule has 0 radical (unpaired) electrons. The van der Waals surface area contributed by atoms with Gasteiger partial charge in [-0.15, -0.1) is 0 Å². The Balaban J connectivity index is 1.90.